The van der Waals surface area contributed by atoms with E-state index in [9.17, 15) is 26.3 Å². The fourth-order valence-corrected chi connectivity index (χ4v) is 4.21. The number of nitrogens with zero attached hydrogens (tertiary/aromatic N) is 4. The van der Waals surface area contributed by atoms with Crippen LogP contribution < -0.4 is 0 Å². The lowest BCUT2D eigenvalue weighted by atomic mass is 9.79. The first-order valence-corrected chi connectivity index (χ1v) is 12.0. The first-order chi connectivity index (χ1) is 18.6. The first kappa shape index (κ1) is 33.0. The van der Waals surface area contributed by atoms with E-state index in [1.807, 2.05) is 42.5 Å². The van der Waals surface area contributed by atoms with Crippen LogP contribution in [0.3, 0.4) is 0 Å². The summed E-state index contributed by atoms with van der Waals surface area (Å²) in [4.78, 5) is 24.3. The third-order valence-corrected chi connectivity index (χ3v) is 5.96. The fraction of sp³-hybridized carbons (Fsp3) is 0.583. The molecule has 2 fully saturated rings. The Bertz CT molecular complexity index is 1050. The van der Waals surface area contributed by atoms with Gasteiger partial charge in [-0.3, -0.25) is 14.6 Å². The fourth-order valence-electron chi connectivity index (χ4n) is 4.21. The molecule has 2 aromatic heterocycles. The number of hydrogen-bond donors (Lipinski definition) is 2. The van der Waals surface area contributed by atoms with Crippen LogP contribution in [0.1, 0.15) is 30.4 Å². The smallest absolute Gasteiger partial charge is 0.475 e. The van der Waals surface area contributed by atoms with E-state index < -0.39 is 24.3 Å². The van der Waals surface area contributed by atoms with Crippen molar-refractivity contribution in [3.05, 3.63) is 48.0 Å². The second-order valence-corrected chi connectivity index (χ2v) is 9.36. The van der Waals surface area contributed by atoms with Gasteiger partial charge < -0.3 is 19.7 Å². The molecule has 0 aliphatic carbocycles. The van der Waals surface area contributed by atoms with E-state index in [2.05, 4.69) is 21.2 Å². The van der Waals surface area contributed by atoms with Crippen molar-refractivity contribution in [2.45, 2.75) is 50.4 Å². The number of carbonyl (C=O) groups is 2. The van der Waals surface area contributed by atoms with Crippen LogP contribution in [0.5, 0.6) is 0 Å². The number of carboxylic acids is 2. The normalized spacial score (nSPS) is 18.5. The summed E-state index contributed by atoms with van der Waals surface area (Å²) in [7, 11) is 1.96. The molecule has 2 aliphatic heterocycles. The van der Waals surface area contributed by atoms with Crippen LogP contribution in [0.15, 0.2) is 36.9 Å². The summed E-state index contributed by atoms with van der Waals surface area (Å²) in [6, 6.07) is 4.02. The lowest BCUT2D eigenvalue weighted by Gasteiger charge is -2.53. The topological polar surface area (TPSA) is 127 Å². The Balaban J connectivity index is 0.000000333. The quantitative estimate of drug-likeness (QED) is 0.370. The van der Waals surface area contributed by atoms with Gasteiger partial charge in [-0.2, -0.15) is 31.4 Å². The molecule has 2 aliphatic rings. The van der Waals surface area contributed by atoms with Crippen LogP contribution in [0.4, 0.5) is 26.3 Å². The summed E-state index contributed by atoms with van der Waals surface area (Å²) >= 11 is 0. The average molecular weight is 585 g/mol. The summed E-state index contributed by atoms with van der Waals surface area (Å²) < 4.78 is 77.4. The van der Waals surface area contributed by atoms with E-state index in [1.54, 1.807) is 0 Å². The van der Waals surface area contributed by atoms with Crippen molar-refractivity contribution < 1.29 is 55.6 Å². The Labute approximate surface area is 225 Å². The SMILES string of the molecule is Cn1cc(CN2CC3(CC(CCOCc4ccncc4)CCO3)C2)cn1.O=C(O)C(F)(F)F.O=C(O)C(F)(F)F. The molecule has 10 nitrogen and oxygen atoms in total. The van der Waals surface area contributed by atoms with Gasteiger partial charge in [-0.05, 0) is 42.9 Å². The maximum atomic E-state index is 10.6. The van der Waals surface area contributed by atoms with Crippen molar-refractivity contribution in [1.29, 1.82) is 0 Å². The van der Waals surface area contributed by atoms with Crippen LogP contribution >= 0.6 is 0 Å². The van der Waals surface area contributed by atoms with E-state index in [0.717, 1.165) is 52.1 Å². The summed E-state index contributed by atoms with van der Waals surface area (Å²) in [6.07, 6.45) is 0.950. The number of hydrogen-bond acceptors (Lipinski definition) is 7. The number of aromatic nitrogens is 3. The van der Waals surface area contributed by atoms with Crippen molar-refractivity contribution in [3.8, 4) is 0 Å². The van der Waals surface area contributed by atoms with Gasteiger partial charge in [0.05, 0.1) is 18.4 Å². The number of rotatable bonds is 7. The predicted octanol–water partition coefficient (Wildman–Crippen LogP) is 3.67. The van der Waals surface area contributed by atoms with Crippen LogP contribution in [-0.4, -0.2) is 86.1 Å². The van der Waals surface area contributed by atoms with Crippen LogP contribution in [0, 0.1) is 5.92 Å². The minimum atomic E-state index is -5.08. The van der Waals surface area contributed by atoms with E-state index in [1.165, 1.54) is 11.1 Å². The zero-order valence-electron chi connectivity index (χ0n) is 21.5. The van der Waals surface area contributed by atoms with E-state index >= 15 is 0 Å². The van der Waals surface area contributed by atoms with Gasteiger partial charge in [0, 0.05) is 64.0 Å². The number of ether oxygens (including phenoxy) is 2. The Kier molecular flexibility index (Phi) is 11.9. The van der Waals surface area contributed by atoms with Gasteiger partial charge in [0.1, 0.15) is 0 Å². The highest BCUT2D eigenvalue weighted by molar-refractivity contribution is 5.73. The van der Waals surface area contributed by atoms with E-state index in [-0.39, 0.29) is 5.60 Å². The number of likely N-dealkylation sites (tertiary alicyclic amines) is 1. The molecule has 0 amide bonds. The van der Waals surface area contributed by atoms with Crippen molar-refractivity contribution in [3.63, 3.8) is 0 Å². The van der Waals surface area contributed by atoms with Crippen LogP contribution in [-0.2, 0) is 39.3 Å². The van der Waals surface area contributed by atoms with Crippen molar-refractivity contribution in [2.24, 2.45) is 13.0 Å². The Morgan fingerprint density at radius 3 is 2.15 bits per heavy atom. The molecule has 40 heavy (non-hydrogen) atoms. The zero-order valence-corrected chi connectivity index (χ0v) is 21.5. The van der Waals surface area contributed by atoms with E-state index in [4.69, 9.17) is 29.3 Å². The molecule has 2 aromatic rings. The number of aryl methyl sites for hydroxylation is 1. The molecule has 1 unspecified atom stereocenters. The monoisotopic (exact) mass is 584 g/mol. The van der Waals surface area contributed by atoms with Gasteiger partial charge in [-0.25, -0.2) is 9.59 Å². The minimum Gasteiger partial charge on any atom is -0.475 e. The summed E-state index contributed by atoms with van der Waals surface area (Å²) in [5.74, 6) is -4.80. The first-order valence-electron chi connectivity index (χ1n) is 12.0. The largest absolute Gasteiger partial charge is 0.490 e. The molecule has 4 heterocycles. The number of alkyl halides is 6. The van der Waals surface area contributed by atoms with Crippen molar-refractivity contribution in [1.82, 2.24) is 19.7 Å². The molecule has 1 spiro atoms. The number of aliphatic carboxylic acids is 2. The summed E-state index contributed by atoms with van der Waals surface area (Å²) in [5.41, 5.74) is 2.55. The Morgan fingerprint density at radius 2 is 1.65 bits per heavy atom. The van der Waals surface area contributed by atoms with Crippen LogP contribution in [0.2, 0.25) is 0 Å². The molecular weight excluding hydrogens is 554 g/mol. The van der Waals surface area contributed by atoms with Crippen molar-refractivity contribution in [2.75, 3.05) is 26.3 Å². The minimum absolute atomic E-state index is 0.0796. The molecule has 1 atom stereocenters. The highest BCUT2D eigenvalue weighted by atomic mass is 19.4. The third-order valence-electron chi connectivity index (χ3n) is 5.96. The molecule has 16 heteroatoms. The maximum absolute atomic E-state index is 10.6. The molecule has 0 aromatic carbocycles. The summed E-state index contributed by atoms with van der Waals surface area (Å²) in [5, 5.41) is 18.5. The molecule has 2 N–H and O–H groups in total. The lowest BCUT2D eigenvalue weighted by Crippen LogP contribution is -2.64. The molecule has 2 saturated heterocycles. The molecule has 0 bridgehead atoms. The molecular formula is C24H30F6N4O6. The van der Waals surface area contributed by atoms with Gasteiger partial charge in [0.15, 0.2) is 0 Å². The van der Waals surface area contributed by atoms with E-state index in [0.29, 0.717) is 12.5 Å². The average Bonchev–Trinajstić information content (AvgIpc) is 3.26. The molecule has 224 valence electrons. The lowest BCUT2D eigenvalue weighted by molar-refractivity contribution is -0.193. The van der Waals surface area contributed by atoms with Gasteiger partial charge >= 0.3 is 24.3 Å². The highest BCUT2D eigenvalue weighted by Crippen LogP contribution is 2.38. The van der Waals surface area contributed by atoms with Gasteiger partial charge in [0.25, 0.3) is 0 Å². The number of halogens is 6. The Hall–Kier alpha value is -3.24. The third kappa shape index (κ3) is 11.5. The highest BCUT2D eigenvalue weighted by Gasteiger charge is 2.47. The van der Waals surface area contributed by atoms with Gasteiger partial charge in [0.2, 0.25) is 0 Å². The second kappa shape index (κ2) is 14.4. The molecule has 4 rings (SSSR count). The Morgan fingerprint density at radius 1 is 1.07 bits per heavy atom. The van der Waals surface area contributed by atoms with Crippen LogP contribution in [0.25, 0.3) is 0 Å². The zero-order chi connectivity index (χ0) is 30.0. The molecule has 0 radical (unpaired) electrons. The second-order valence-electron chi connectivity index (χ2n) is 9.36. The number of carboxylic acid groups (broad SMARTS) is 2. The standard InChI is InChI=1S/C20H28N4O2.2C2HF3O2/c1-23-12-19(11-22-23)13-24-15-20(16-24)10-17(5-9-26-20)4-8-25-14-18-2-6-21-7-3-18;2*3-2(4,5)1(6)7/h2-3,6-7,11-12,17H,4-5,8-10,13-16H2,1H3;2*(H,6,7). The molecule has 0 saturated carbocycles. The number of pyridine rings is 1. The van der Waals surface area contributed by atoms with Gasteiger partial charge in [-0.1, -0.05) is 0 Å². The predicted molar refractivity (Wildman–Crippen MR) is 126 cm³/mol. The van der Waals surface area contributed by atoms with Gasteiger partial charge in [-0.15, -0.1) is 0 Å². The summed E-state index contributed by atoms with van der Waals surface area (Å²) in [6.45, 7) is 5.43. The van der Waals surface area contributed by atoms with Crippen molar-refractivity contribution >= 4 is 11.9 Å². The maximum Gasteiger partial charge on any atom is 0.490 e.